The molecular formula is C13H16N4O5S2. The van der Waals surface area contributed by atoms with Crippen LogP contribution in [0.4, 0.5) is 0 Å². The largest absolute Gasteiger partial charge is 0.480 e. The van der Waals surface area contributed by atoms with Crippen LogP contribution >= 0.6 is 11.7 Å². The Morgan fingerprint density at radius 2 is 2.08 bits per heavy atom. The van der Waals surface area contributed by atoms with Crippen LogP contribution in [-0.4, -0.2) is 57.6 Å². The van der Waals surface area contributed by atoms with Gasteiger partial charge in [-0.15, -0.1) is 0 Å². The van der Waals surface area contributed by atoms with Gasteiger partial charge in [-0.2, -0.15) is 13.1 Å². The van der Waals surface area contributed by atoms with E-state index in [2.05, 4.69) is 14.1 Å². The van der Waals surface area contributed by atoms with E-state index in [4.69, 9.17) is 0 Å². The predicted octanol–water partition coefficient (Wildman–Crippen LogP) is 0.291. The van der Waals surface area contributed by atoms with Crippen LogP contribution in [-0.2, 0) is 19.6 Å². The fourth-order valence-corrected chi connectivity index (χ4v) is 4.45. The van der Waals surface area contributed by atoms with Gasteiger partial charge in [0.1, 0.15) is 22.0 Å². The summed E-state index contributed by atoms with van der Waals surface area (Å²) in [5, 5.41) is 11.7. The van der Waals surface area contributed by atoms with Crippen molar-refractivity contribution in [3.05, 3.63) is 18.2 Å². The number of hydrogen-bond acceptors (Lipinski definition) is 7. The molecule has 1 atom stereocenters. The first-order valence-corrected chi connectivity index (χ1v) is 9.12. The number of fused-ring (bicyclic) bond motifs is 1. The molecule has 0 aliphatic heterocycles. The Bertz CT molecular complexity index is 864. The van der Waals surface area contributed by atoms with Crippen LogP contribution in [0.3, 0.4) is 0 Å². The van der Waals surface area contributed by atoms with Gasteiger partial charge in [-0.1, -0.05) is 6.07 Å². The van der Waals surface area contributed by atoms with Crippen LogP contribution in [0.2, 0.25) is 0 Å². The molecule has 1 unspecified atom stereocenters. The normalized spacial score (nSPS) is 13.1. The summed E-state index contributed by atoms with van der Waals surface area (Å²) in [5.74, 6) is -1.62. The number of carboxylic acid groups (broad SMARTS) is 1. The van der Waals surface area contributed by atoms with Crippen molar-refractivity contribution in [3.63, 3.8) is 0 Å². The lowest BCUT2D eigenvalue weighted by Crippen LogP contribution is -2.46. The lowest BCUT2D eigenvalue weighted by atomic mass is 10.3. The number of benzene rings is 1. The molecule has 1 aromatic carbocycles. The number of hydrogen-bond donors (Lipinski definition) is 2. The Balaban J connectivity index is 2.44. The second-order valence-corrected chi connectivity index (χ2v) is 7.39. The molecule has 11 heteroatoms. The molecule has 0 saturated carbocycles. The molecule has 0 saturated heterocycles. The monoisotopic (exact) mass is 372 g/mol. The molecule has 0 bridgehead atoms. The first kappa shape index (κ1) is 18.2. The third-order valence-electron chi connectivity index (χ3n) is 3.33. The van der Waals surface area contributed by atoms with Crippen LogP contribution in [0.25, 0.3) is 11.0 Å². The van der Waals surface area contributed by atoms with Crippen LogP contribution < -0.4 is 5.32 Å². The van der Waals surface area contributed by atoms with E-state index in [1.54, 1.807) is 6.07 Å². The molecule has 1 amide bonds. The highest BCUT2D eigenvalue weighted by Crippen LogP contribution is 2.25. The average molecular weight is 372 g/mol. The fourth-order valence-electron chi connectivity index (χ4n) is 2.10. The first-order valence-electron chi connectivity index (χ1n) is 6.95. The second kappa shape index (κ2) is 7.20. The minimum Gasteiger partial charge on any atom is -0.480 e. The van der Waals surface area contributed by atoms with E-state index in [-0.39, 0.29) is 29.4 Å². The van der Waals surface area contributed by atoms with Gasteiger partial charge < -0.3 is 10.4 Å². The highest BCUT2D eigenvalue weighted by molar-refractivity contribution is 7.89. The van der Waals surface area contributed by atoms with Crippen molar-refractivity contribution < 1.29 is 23.1 Å². The van der Waals surface area contributed by atoms with E-state index in [1.807, 2.05) is 0 Å². The minimum atomic E-state index is -4.13. The zero-order chi connectivity index (χ0) is 17.9. The Labute approximate surface area is 142 Å². The highest BCUT2D eigenvalue weighted by atomic mass is 32.2. The molecular weight excluding hydrogens is 356 g/mol. The predicted molar refractivity (Wildman–Crippen MR) is 87.1 cm³/mol. The Kier molecular flexibility index (Phi) is 5.47. The minimum absolute atomic E-state index is 0.00250. The molecule has 0 aliphatic rings. The van der Waals surface area contributed by atoms with E-state index < -0.39 is 22.0 Å². The number of amides is 1. The standard InChI is InChI=1S/C13H16N4O5S2/c1-8(13(19)20)17(7-6-14-9(2)18)24(21,22)11-5-3-4-10-12(11)16-23-15-10/h3-5,8H,6-7H2,1-2H3,(H,14,18)(H,19,20). The summed E-state index contributed by atoms with van der Waals surface area (Å²) in [4.78, 5) is 22.2. The first-order chi connectivity index (χ1) is 11.2. The molecule has 2 rings (SSSR count). The third kappa shape index (κ3) is 3.68. The summed E-state index contributed by atoms with van der Waals surface area (Å²) in [6, 6.07) is 3.21. The Hall–Kier alpha value is -2.11. The maximum atomic E-state index is 13.0. The zero-order valence-corrected chi connectivity index (χ0v) is 14.6. The molecule has 2 N–H and O–H groups in total. The third-order valence-corrected chi connectivity index (χ3v) is 5.88. The van der Waals surface area contributed by atoms with E-state index in [9.17, 15) is 23.1 Å². The van der Waals surface area contributed by atoms with Crippen LogP contribution in [0.15, 0.2) is 23.1 Å². The van der Waals surface area contributed by atoms with Crippen molar-refractivity contribution >= 4 is 44.7 Å². The van der Waals surface area contributed by atoms with E-state index >= 15 is 0 Å². The number of nitrogens with one attached hydrogen (secondary N) is 1. The van der Waals surface area contributed by atoms with E-state index in [0.717, 1.165) is 16.0 Å². The van der Waals surface area contributed by atoms with Crippen molar-refractivity contribution in [1.82, 2.24) is 18.4 Å². The van der Waals surface area contributed by atoms with Gasteiger partial charge in [0.15, 0.2) is 0 Å². The summed E-state index contributed by atoms with van der Waals surface area (Å²) < 4.78 is 34.7. The molecule has 24 heavy (non-hydrogen) atoms. The lowest BCUT2D eigenvalue weighted by molar-refractivity contribution is -0.140. The number of carboxylic acids is 1. The SMILES string of the molecule is CC(=O)NCCN(C(C)C(=O)O)S(=O)(=O)c1cccc2nsnc12. The molecule has 130 valence electrons. The van der Waals surface area contributed by atoms with Gasteiger partial charge in [-0.3, -0.25) is 9.59 Å². The van der Waals surface area contributed by atoms with Gasteiger partial charge in [0, 0.05) is 20.0 Å². The lowest BCUT2D eigenvalue weighted by Gasteiger charge is -2.25. The molecule has 1 heterocycles. The summed E-state index contributed by atoms with van der Waals surface area (Å²) in [5.41, 5.74) is 0.621. The zero-order valence-electron chi connectivity index (χ0n) is 13.0. The molecule has 0 aliphatic carbocycles. The number of carbonyl (C=O) groups is 2. The maximum Gasteiger partial charge on any atom is 0.321 e. The smallest absolute Gasteiger partial charge is 0.321 e. The van der Waals surface area contributed by atoms with Crippen molar-refractivity contribution in [2.24, 2.45) is 0 Å². The molecule has 9 nitrogen and oxygen atoms in total. The quantitative estimate of drug-likeness (QED) is 0.714. The Morgan fingerprint density at radius 3 is 2.71 bits per heavy atom. The average Bonchev–Trinajstić information content (AvgIpc) is 2.98. The van der Waals surface area contributed by atoms with Crippen molar-refractivity contribution in [2.75, 3.05) is 13.1 Å². The molecule has 1 aromatic heterocycles. The summed E-state index contributed by atoms with van der Waals surface area (Å²) in [6.07, 6.45) is 0. The van der Waals surface area contributed by atoms with E-state index in [1.165, 1.54) is 26.0 Å². The maximum absolute atomic E-state index is 13.0. The number of sulfonamides is 1. The molecule has 0 fully saturated rings. The van der Waals surface area contributed by atoms with Crippen molar-refractivity contribution in [3.8, 4) is 0 Å². The van der Waals surface area contributed by atoms with Crippen LogP contribution in [0.1, 0.15) is 13.8 Å². The highest BCUT2D eigenvalue weighted by Gasteiger charge is 2.34. The van der Waals surface area contributed by atoms with Gasteiger partial charge in [0.2, 0.25) is 15.9 Å². The number of rotatable bonds is 7. The van der Waals surface area contributed by atoms with Gasteiger partial charge >= 0.3 is 5.97 Å². The Morgan fingerprint density at radius 1 is 1.38 bits per heavy atom. The number of nitrogens with zero attached hydrogens (tertiary/aromatic N) is 3. The van der Waals surface area contributed by atoms with Crippen LogP contribution in [0, 0.1) is 0 Å². The van der Waals surface area contributed by atoms with Crippen molar-refractivity contribution in [1.29, 1.82) is 0 Å². The van der Waals surface area contributed by atoms with Gasteiger partial charge in [0.25, 0.3) is 0 Å². The van der Waals surface area contributed by atoms with Gasteiger partial charge in [0.05, 0.1) is 11.7 Å². The molecule has 2 aromatic rings. The second-order valence-electron chi connectivity index (χ2n) is 5.00. The van der Waals surface area contributed by atoms with Crippen molar-refractivity contribution in [2.45, 2.75) is 24.8 Å². The summed E-state index contributed by atoms with van der Waals surface area (Å²) >= 11 is 0.875. The number of carbonyl (C=O) groups excluding carboxylic acids is 1. The van der Waals surface area contributed by atoms with Crippen LogP contribution in [0.5, 0.6) is 0 Å². The number of aromatic nitrogens is 2. The van der Waals surface area contributed by atoms with E-state index in [0.29, 0.717) is 5.52 Å². The van der Waals surface area contributed by atoms with Gasteiger partial charge in [-0.05, 0) is 19.1 Å². The molecule has 0 spiro atoms. The summed E-state index contributed by atoms with van der Waals surface area (Å²) in [7, 11) is -4.13. The van der Waals surface area contributed by atoms with Gasteiger partial charge in [-0.25, -0.2) is 8.42 Å². The topological polar surface area (TPSA) is 130 Å². The molecule has 0 radical (unpaired) electrons. The summed E-state index contributed by atoms with van der Waals surface area (Å²) in [6.45, 7) is 2.38. The fraction of sp³-hybridized carbons (Fsp3) is 0.385. The number of aliphatic carboxylic acids is 1.